The highest BCUT2D eigenvalue weighted by molar-refractivity contribution is 7.27. The SMILES string of the molecule is CCc1c(C(=O)O)n(-c2ccc(-c3ccccc3-c3nn[nH]n3)cc2)c(=N)[s+]1C. The molecule has 146 valence electrons. The van der Waals surface area contributed by atoms with E-state index < -0.39 is 16.4 Å². The van der Waals surface area contributed by atoms with Gasteiger partial charge in [0.25, 0.3) is 0 Å². The lowest BCUT2D eigenvalue weighted by Crippen LogP contribution is -2.18. The van der Waals surface area contributed by atoms with Crippen LogP contribution in [-0.2, 0) is 12.7 Å². The molecule has 8 nitrogen and oxygen atoms in total. The van der Waals surface area contributed by atoms with Crippen LogP contribution in [0.2, 0.25) is 0 Å². The number of aromatic amines is 1. The van der Waals surface area contributed by atoms with Gasteiger partial charge in [-0.1, -0.05) is 43.3 Å². The molecule has 0 aliphatic rings. The number of hydrogen-bond donors (Lipinski definition) is 3. The predicted octanol–water partition coefficient (Wildman–Crippen LogP) is 3.35. The third-order valence-electron chi connectivity index (χ3n) is 4.82. The van der Waals surface area contributed by atoms with Crippen molar-refractivity contribution in [3.8, 4) is 28.2 Å². The van der Waals surface area contributed by atoms with Gasteiger partial charge in [-0.25, -0.2) is 14.8 Å². The fourth-order valence-electron chi connectivity index (χ4n) is 3.47. The Labute approximate surface area is 169 Å². The minimum Gasteiger partial charge on any atom is -0.476 e. The molecule has 0 spiro atoms. The number of carbonyl (C=O) groups is 1. The Morgan fingerprint density at radius 1 is 1.17 bits per heavy atom. The summed E-state index contributed by atoms with van der Waals surface area (Å²) >= 11 is 0. The summed E-state index contributed by atoms with van der Waals surface area (Å²) in [5, 5.41) is 32.4. The first kappa shape index (κ1) is 18.8. The van der Waals surface area contributed by atoms with Crippen molar-refractivity contribution in [2.45, 2.75) is 13.3 Å². The highest BCUT2D eigenvalue weighted by Crippen LogP contribution is 2.31. The van der Waals surface area contributed by atoms with E-state index in [9.17, 15) is 9.90 Å². The smallest absolute Gasteiger partial charge is 0.358 e. The number of tetrazole rings is 1. The summed E-state index contributed by atoms with van der Waals surface area (Å²) in [6.07, 6.45) is 2.51. The number of thiazole rings is 1. The van der Waals surface area contributed by atoms with E-state index in [-0.39, 0.29) is 5.69 Å². The molecule has 2 heterocycles. The van der Waals surface area contributed by atoms with E-state index in [2.05, 4.69) is 20.6 Å². The van der Waals surface area contributed by atoms with Crippen molar-refractivity contribution in [1.82, 2.24) is 25.2 Å². The monoisotopic (exact) mass is 407 g/mol. The third kappa shape index (κ3) is 3.15. The van der Waals surface area contributed by atoms with Gasteiger partial charge in [0.2, 0.25) is 5.82 Å². The fraction of sp³-hybridized carbons (Fsp3) is 0.150. The minimum atomic E-state index is -1.00. The maximum atomic E-state index is 11.9. The largest absolute Gasteiger partial charge is 0.476 e. The third-order valence-corrected chi connectivity index (χ3v) is 6.81. The van der Waals surface area contributed by atoms with Gasteiger partial charge in [-0.3, -0.25) is 0 Å². The van der Waals surface area contributed by atoms with Crippen LogP contribution in [-0.4, -0.2) is 36.3 Å². The van der Waals surface area contributed by atoms with E-state index in [1.807, 2.05) is 61.7 Å². The van der Waals surface area contributed by atoms with Crippen LogP contribution in [0.1, 0.15) is 22.3 Å². The molecule has 0 bridgehead atoms. The average Bonchev–Trinajstić information content (AvgIpc) is 3.36. The molecule has 3 N–H and O–H groups in total. The summed E-state index contributed by atoms with van der Waals surface area (Å²) in [6, 6.07) is 15.3. The first-order valence-corrected chi connectivity index (χ1v) is 10.6. The second-order valence-corrected chi connectivity index (χ2v) is 8.31. The molecule has 2 aromatic heterocycles. The van der Waals surface area contributed by atoms with Gasteiger partial charge in [-0.05, 0) is 28.5 Å². The van der Waals surface area contributed by atoms with Crippen molar-refractivity contribution >= 4 is 16.4 Å². The zero-order valence-electron chi connectivity index (χ0n) is 15.9. The van der Waals surface area contributed by atoms with Crippen LogP contribution in [0.3, 0.4) is 0 Å². The summed E-state index contributed by atoms with van der Waals surface area (Å²) in [5.41, 5.74) is 3.58. The number of benzene rings is 2. The lowest BCUT2D eigenvalue weighted by molar-refractivity contribution is 0.0686. The molecule has 2 aromatic carbocycles. The maximum absolute atomic E-state index is 11.9. The van der Waals surface area contributed by atoms with Gasteiger partial charge in [0, 0.05) is 22.5 Å². The standard InChI is InChI=1S/C20H18N6O2S/c1-3-16-17(19(27)28)26(20(21)29(16)2)13-10-8-12(9-11-13)14-6-4-5-7-15(14)18-22-24-25-23-18/h4-11,21H,3H2,1-2H3,(H-,22,23,24,25,27,28)/p+1. The lowest BCUT2D eigenvalue weighted by atomic mass is 9.99. The second-order valence-electron chi connectivity index (χ2n) is 6.41. The van der Waals surface area contributed by atoms with Gasteiger partial charge < -0.3 is 5.11 Å². The van der Waals surface area contributed by atoms with Gasteiger partial charge in [-0.2, -0.15) is 5.21 Å². The zero-order chi connectivity index (χ0) is 20.5. The van der Waals surface area contributed by atoms with E-state index in [4.69, 9.17) is 5.41 Å². The van der Waals surface area contributed by atoms with E-state index in [1.54, 1.807) is 4.57 Å². The number of carboxylic acid groups (broad SMARTS) is 1. The minimum absolute atomic E-state index is 0.197. The first-order valence-electron chi connectivity index (χ1n) is 8.97. The molecule has 4 aromatic rings. The Morgan fingerprint density at radius 2 is 1.86 bits per heavy atom. The molecule has 0 saturated heterocycles. The Bertz CT molecular complexity index is 1240. The van der Waals surface area contributed by atoms with Gasteiger partial charge in [0.1, 0.15) is 6.26 Å². The molecular weight excluding hydrogens is 388 g/mol. The van der Waals surface area contributed by atoms with Crippen LogP contribution in [0.4, 0.5) is 0 Å². The van der Waals surface area contributed by atoms with Crippen LogP contribution in [0.15, 0.2) is 48.5 Å². The van der Waals surface area contributed by atoms with Crippen molar-refractivity contribution in [2.24, 2.45) is 6.26 Å². The van der Waals surface area contributed by atoms with Crippen LogP contribution in [0.5, 0.6) is 0 Å². The molecule has 0 saturated carbocycles. The number of hydrogen-bond acceptors (Lipinski definition) is 5. The van der Waals surface area contributed by atoms with Crippen molar-refractivity contribution < 1.29 is 9.90 Å². The molecule has 9 heteroatoms. The molecule has 4 rings (SSSR count). The number of nitrogens with one attached hydrogen (secondary N) is 2. The number of nitrogens with zero attached hydrogens (tertiary/aromatic N) is 4. The molecule has 29 heavy (non-hydrogen) atoms. The van der Waals surface area contributed by atoms with Crippen molar-refractivity contribution in [2.75, 3.05) is 0 Å². The summed E-state index contributed by atoms with van der Waals surface area (Å²) in [5.74, 6) is -0.500. The summed E-state index contributed by atoms with van der Waals surface area (Å²) in [7, 11) is -0.521. The van der Waals surface area contributed by atoms with Gasteiger partial charge >= 0.3 is 10.8 Å². The maximum Gasteiger partial charge on any atom is 0.358 e. The van der Waals surface area contributed by atoms with Crippen LogP contribution < -0.4 is 4.80 Å². The Hall–Kier alpha value is -3.59. The molecule has 0 radical (unpaired) electrons. The predicted molar refractivity (Wildman–Crippen MR) is 110 cm³/mol. The number of carboxylic acids is 1. The molecule has 0 aliphatic carbocycles. The Kier molecular flexibility index (Phi) is 4.81. The topological polar surface area (TPSA) is 121 Å². The zero-order valence-corrected chi connectivity index (χ0v) is 16.7. The van der Waals surface area contributed by atoms with E-state index in [1.165, 1.54) is 0 Å². The number of aromatic nitrogens is 5. The quantitative estimate of drug-likeness (QED) is 0.438. The van der Waals surface area contributed by atoms with Crippen molar-refractivity contribution in [1.29, 1.82) is 5.41 Å². The summed E-state index contributed by atoms with van der Waals surface area (Å²) in [6.45, 7) is 1.93. The van der Waals surface area contributed by atoms with Gasteiger partial charge in [-0.15, -0.1) is 10.2 Å². The number of aromatic carboxylic acids is 1. The molecule has 0 fully saturated rings. The lowest BCUT2D eigenvalue weighted by Gasteiger charge is -2.09. The molecule has 0 aliphatic heterocycles. The Balaban J connectivity index is 1.82. The van der Waals surface area contributed by atoms with Gasteiger partial charge in [0.05, 0.1) is 5.69 Å². The highest BCUT2D eigenvalue weighted by Gasteiger charge is 2.29. The summed E-state index contributed by atoms with van der Waals surface area (Å²) < 4.78 is 1.54. The molecular formula is C20H19N6O2S+. The second kappa shape index (κ2) is 7.44. The van der Waals surface area contributed by atoms with E-state index in [0.29, 0.717) is 22.7 Å². The van der Waals surface area contributed by atoms with Crippen LogP contribution in [0, 0.1) is 5.41 Å². The highest BCUT2D eigenvalue weighted by atomic mass is 32.2. The van der Waals surface area contributed by atoms with E-state index >= 15 is 0 Å². The molecule has 0 amide bonds. The van der Waals surface area contributed by atoms with Crippen LogP contribution >= 0.6 is 10.5 Å². The normalized spacial score (nSPS) is 11.6. The molecule has 1 unspecified atom stereocenters. The first-order chi connectivity index (χ1) is 14.0. The molecule has 1 atom stereocenters. The average molecular weight is 407 g/mol. The van der Waals surface area contributed by atoms with Gasteiger partial charge in [0.15, 0.2) is 10.6 Å². The van der Waals surface area contributed by atoms with Crippen LogP contribution in [0.25, 0.3) is 28.2 Å². The fourth-order valence-corrected chi connectivity index (χ4v) is 5.07. The summed E-state index contributed by atoms with van der Waals surface area (Å²) in [4.78, 5) is 13.0. The van der Waals surface area contributed by atoms with Crippen molar-refractivity contribution in [3.63, 3.8) is 0 Å². The van der Waals surface area contributed by atoms with E-state index in [0.717, 1.165) is 21.6 Å². The number of H-pyrrole nitrogens is 1. The van der Waals surface area contributed by atoms with Crippen molar-refractivity contribution in [3.05, 3.63) is 63.9 Å². The Morgan fingerprint density at radius 3 is 2.45 bits per heavy atom. The number of rotatable bonds is 5.